The number of ether oxygens (including phenoxy) is 1. The van der Waals surface area contributed by atoms with Gasteiger partial charge in [0.2, 0.25) is 0 Å². The van der Waals surface area contributed by atoms with Gasteiger partial charge in [0.25, 0.3) is 0 Å². The van der Waals surface area contributed by atoms with Crippen molar-refractivity contribution in [3.8, 4) is 0 Å². The highest BCUT2D eigenvalue weighted by atomic mass is 16.5. The number of hydrogen-bond acceptors (Lipinski definition) is 4. The van der Waals surface area contributed by atoms with Crippen LogP contribution in [0.15, 0.2) is 34.7 Å². The Bertz CT molecular complexity index is 526. The molecule has 0 aromatic rings. The zero-order valence-electron chi connectivity index (χ0n) is 14.3. The molecule has 1 aliphatic heterocycles. The van der Waals surface area contributed by atoms with Crippen molar-refractivity contribution in [1.29, 1.82) is 0 Å². The van der Waals surface area contributed by atoms with Crippen molar-refractivity contribution < 1.29 is 14.3 Å². The second-order valence-electron chi connectivity index (χ2n) is 5.53. The lowest BCUT2D eigenvalue weighted by Gasteiger charge is -2.28. The fourth-order valence-electron chi connectivity index (χ4n) is 2.75. The highest BCUT2D eigenvalue weighted by Gasteiger charge is 2.32. The molecule has 1 heterocycles. The van der Waals surface area contributed by atoms with Gasteiger partial charge in [-0.05, 0) is 34.1 Å². The monoisotopic (exact) mass is 305 g/mol. The minimum absolute atomic E-state index is 0.0237. The Hall–Kier alpha value is -1.84. The highest BCUT2D eigenvalue weighted by molar-refractivity contribution is 6.00. The van der Waals surface area contributed by atoms with Crippen LogP contribution in [0.1, 0.15) is 53.9 Å². The van der Waals surface area contributed by atoms with Crippen molar-refractivity contribution in [2.45, 2.75) is 53.9 Å². The van der Waals surface area contributed by atoms with Gasteiger partial charge in [0, 0.05) is 22.9 Å². The van der Waals surface area contributed by atoms with Gasteiger partial charge < -0.3 is 10.1 Å². The Balaban J connectivity index is 3.20. The van der Waals surface area contributed by atoms with Crippen LogP contribution in [-0.2, 0) is 14.3 Å². The fourth-order valence-corrected chi connectivity index (χ4v) is 2.75. The van der Waals surface area contributed by atoms with E-state index in [1.54, 1.807) is 6.92 Å². The van der Waals surface area contributed by atoms with Crippen LogP contribution < -0.4 is 5.32 Å². The van der Waals surface area contributed by atoms with Crippen molar-refractivity contribution in [3.63, 3.8) is 0 Å². The molecule has 1 aliphatic rings. The fraction of sp³-hybridized carbons (Fsp3) is 0.556. The minimum Gasteiger partial charge on any atom is -0.463 e. The van der Waals surface area contributed by atoms with Crippen LogP contribution in [0.4, 0.5) is 0 Å². The van der Waals surface area contributed by atoms with E-state index < -0.39 is 0 Å². The second kappa shape index (κ2) is 8.57. The molecule has 1 unspecified atom stereocenters. The zero-order chi connectivity index (χ0) is 16.7. The van der Waals surface area contributed by atoms with Crippen LogP contribution in [0.5, 0.6) is 0 Å². The van der Waals surface area contributed by atoms with Gasteiger partial charge in [0.05, 0.1) is 12.2 Å². The molecule has 0 aromatic carbocycles. The maximum Gasteiger partial charge on any atom is 0.336 e. The molecular formula is C18H27NO3. The van der Waals surface area contributed by atoms with E-state index in [2.05, 4.69) is 18.3 Å². The number of carbonyl (C=O) groups excluding carboxylic acids is 2. The summed E-state index contributed by atoms with van der Waals surface area (Å²) in [7, 11) is 0. The van der Waals surface area contributed by atoms with Crippen LogP contribution in [0.3, 0.4) is 0 Å². The lowest BCUT2D eigenvalue weighted by atomic mass is 9.83. The average Bonchev–Trinajstić information content (AvgIpc) is 2.42. The standard InChI is InChI=1S/C18H27NO3/c1-6-8-9-10-11-15-16(14(5)20)12(3)19-13(4)17(15)18(21)22-7-2/h10-11,15,19H,6-9H2,1-5H3/b11-10+. The molecule has 0 aliphatic carbocycles. The smallest absolute Gasteiger partial charge is 0.336 e. The maximum atomic E-state index is 12.3. The molecule has 0 bridgehead atoms. The molecule has 1 N–H and O–H groups in total. The number of unbranched alkanes of at least 4 members (excludes halogenated alkanes) is 2. The molecule has 122 valence electrons. The van der Waals surface area contributed by atoms with Crippen molar-refractivity contribution in [3.05, 3.63) is 34.7 Å². The first-order valence-corrected chi connectivity index (χ1v) is 7.97. The quantitative estimate of drug-likeness (QED) is 0.443. The van der Waals surface area contributed by atoms with E-state index in [1.807, 2.05) is 19.9 Å². The third-order valence-electron chi connectivity index (χ3n) is 3.73. The molecule has 0 radical (unpaired) electrons. The Morgan fingerprint density at radius 2 is 1.82 bits per heavy atom. The summed E-state index contributed by atoms with van der Waals surface area (Å²) in [5, 5.41) is 3.14. The number of rotatable bonds is 7. The van der Waals surface area contributed by atoms with Gasteiger partial charge in [-0.1, -0.05) is 31.9 Å². The van der Waals surface area contributed by atoms with Gasteiger partial charge in [-0.2, -0.15) is 0 Å². The summed E-state index contributed by atoms with van der Waals surface area (Å²) in [5.74, 6) is -0.706. The summed E-state index contributed by atoms with van der Waals surface area (Å²) in [4.78, 5) is 24.3. The lowest BCUT2D eigenvalue weighted by Crippen LogP contribution is -2.31. The maximum absolute atomic E-state index is 12.3. The van der Waals surface area contributed by atoms with Gasteiger partial charge in [-0.15, -0.1) is 0 Å². The molecular weight excluding hydrogens is 278 g/mol. The van der Waals surface area contributed by atoms with Crippen molar-refractivity contribution >= 4 is 11.8 Å². The van der Waals surface area contributed by atoms with Gasteiger partial charge in [-0.3, -0.25) is 4.79 Å². The number of hydrogen-bond donors (Lipinski definition) is 1. The third kappa shape index (κ3) is 4.33. The van der Waals surface area contributed by atoms with E-state index in [0.29, 0.717) is 17.8 Å². The average molecular weight is 305 g/mol. The summed E-state index contributed by atoms with van der Waals surface area (Å²) in [6, 6.07) is 0. The predicted octanol–water partition coefficient (Wildman–Crippen LogP) is 3.65. The number of dihydropyridines is 1. The van der Waals surface area contributed by atoms with Crippen molar-refractivity contribution in [1.82, 2.24) is 5.32 Å². The van der Waals surface area contributed by atoms with Crippen molar-refractivity contribution in [2.24, 2.45) is 5.92 Å². The molecule has 1 atom stereocenters. The second-order valence-corrected chi connectivity index (χ2v) is 5.53. The summed E-state index contributed by atoms with van der Waals surface area (Å²) in [6.45, 7) is 9.49. The van der Waals surface area contributed by atoms with E-state index in [4.69, 9.17) is 4.74 Å². The van der Waals surface area contributed by atoms with Gasteiger partial charge >= 0.3 is 5.97 Å². The number of carbonyl (C=O) groups is 2. The highest BCUT2D eigenvalue weighted by Crippen LogP contribution is 2.32. The minimum atomic E-state index is -0.358. The third-order valence-corrected chi connectivity index (χ3v) is 3.73. The molecule has 1 rings (SSSR count). The first-order chi connectivity index (χ1) is 10.4. The van der Waals surface area contributed by atoms with Gasteiger partial charge in [0.1, 0.15) is 0 Å². The molecule has 4 nitrogen and oxygen atoms in total. The van der Waals surface area contributed by atoms with Crippen molar-refractivity contribution in [2.75, 3.05) is 6.61 Å². The van der Waals surface area contributed by atoms with E-state index >= 15 is 0 Å². The largest absolute Gasteiger partial charge is 0.463 e. The summed E-state index contributed by atoms with van der Waals surface area (Å²) >= 11 is 0. The predicted molar refractivity (Wildman–Crippen MR) is 88.0 cm³/mol. The first-order valence-electron chi connectivity index (χ1n) is 7.97. The van der Waals surface area contributed by atoms with Crippen LogP contribution >= 0.6 is 0 Å². The van der Waals surface area contributed by atoms with Crippen LogP contribution in [-0.4, -0.2) is 18.4 Å². The van der Waals surface area contributed by atoms with Gasteiger partial charge in [-0.25, -0.2) is 4.79 Å². The zero-order valence-corrected chi connectivity index (χ0v) is 14.3. The number of ketones is 1. The van der Waals surface area contributed by atoms with E-state index in [-0.39, 0.29) is 17.7 Å². The lowest BCUT2D eigenvalue weighted by molar-refractivity contribution is -0.139. The Morgan fingerprint density at radius 3 is 2.36 bits per heavy atom. The number of esters is 1. The summed E-state index contributed by atoms with van der Waals surface area (Å²) in [5.41, 5.74) is 2.74. The Morgan fingerprint density at radius 1 is 1.18 bits per heavy atom. The van der Waals surface area contributed by atoms with E-state index in [9.17, 15) is 9.59 Å². The Labute approximate surface area is 133 Å². The molecule has 0 saturated heterocycles. The topological polar surface area (TPSA) is 55.4 Å². The SMILES string of the molecule is CCCC/C=C/C1C(C(C)=O)=C(C)NC(C)=C1C(=O)OCC. The van der Waals surface area contributed by atoms with Crippen LogP contribution in [0.2, 0.25) is 0 Å². The molecule has 0 saturated carbocycles. The molecule has 0 fully saturated rings. The number of Topliss-reactive ketones (excluding diaryl/α,β-unsaturated/α-hetero) is 1. The molecule has 4 heteroatoms. The first kappa shape index (κ1) is 18.2. The normalized spacial score (nSPS) is 18.7. The number of nitrogens with one attached hydrogen (secondary N) is 1. The van der Waals surface area contributed by atoms with Crippen LogP contribution in [0.25, 0.3) is 0 Å². The molecule has 0 spiro atoms. The molecule has 0 aromatic heterocycles. The van der Waals surface area contributed by atoms with E-state index in [1.165, 1.54) is 6.92 Å². The number of allylic oxidation sites excluding steroid dienone is 5. The molecule has 22 heavy (non-hydrogen) atoms. The summed E-state index contributed by atoms with van der Waals surface area (Å²) < 4.78 is 5.17. The van der Waals surface area contributed by atoms with E-state index in [0.717, 1.165) is 30.7 Å². The summed E-state index contributed by atoms with van der Waals surface area (Å²) in [6.07, 6.45) is 7.18. The Kier molecular flexibility index (Phi) is 7.09. The van der Waals surface area contributed by atoms with Gasteiger partial charge in [0.15, 0.2) is 5.78 Å². The molecule has 0 amide bonds. The van der Waals surface area contributed by atoms with Crippen LogP contribution in [0, 0.1) is 5.92 Å².